The van der Waals surface area contributed by atoms with E-state index in [0.717, 1.165) is 62.1 Å². The summed E-state index contributed by atoms with van der Waals surface area (Å²) >= 11 is 0. The van der Waals surface area contributed by atoms with Crippen molar-refractivity contribution in [2.45, 2.75) is 6.04 Å². The number of pyridine rings is 1. The molecule has 0 saturated carbocycles. The number of aromatic nitrogens is 1. The first-order valence-electron chi connectivity index (χ1n) is 6.94. The van der Waals surface area contributed by atoms with Crippen LogP contribution >= 0.6 is 0 Å². The van der Waals surface area contributed by atoms with Crippen LogP contribution in [0.15, 0.2) is 29.0 Å². The fourth-order valence-corrected chi connectivity index (χ4v) is 2.96. The van der Waals surface area contributed by atoms with Crippen LogP contribution in [0.1, 0.15) is 0 Å². The molecule has 0 unspecified atom stereocenters. The molecule has 5 heteroatoms. The monoisotopic (exact) mass is 258 g/mol. The van der Waals surface area contributed by atoms with Crippen molar-refractivity contribution in [3.63, 3.8) is 0 Å². The summed E-state index contributed by atoms with van der Waals surface area (Å²) in [5.41, 5.74) is 0.927. The molecular formula is C14H18N4O. The van der Waals surface area contributed by atoms with Crippen molar-refractivity contribution in [3.05, 3.63) is 24.6 Å². The van der Waals surface area contributed by atoms with Crippen molar-refractivity contribution in [2.75, 3.05) is 44.2 Å². The second kappa shape index (κ2) is 4.51. The Hall–Kier alpha value is -1.59. The van der Waals surface area contributed by atoms with Gasteiger partial charge in [-0.05, 0) is 12.1 Å². The normalized spacial score (nSPS) is 21.8. The number of anilines is 1. The Labute approximate surface area is 112 Å². The maximum atomic E-state index is 5.45. The highest BCUT2D eigenvalue weighted by Gasteiger charge is 2.28. The first-order chi connectivity index (χ1) is 9.42. The molecule has 19 heavy (non-hydrogen) atoms. The summed E-state index contributed by atoms with van der Waals surface area (Å²) in [6.07, 6.45) is 3.58. The third kappa shape index (κ3) is 1.89. The molecule has 100 valence electrons. The average molecular weight is 258 g/mol. The highest BCUT2D eigenvalue weighted by Crippen LogP contribution is 2.26. The van der Waals surface area contributed by atoms with E-state index in [2.05, 4.69) is 20.1 Å². The van der Waals surface area contributed by atoms with Crippen LogP contribution in [0, 0.1) is 0 Å². The van der Waals surface area contributed by atoms with Gasteiger partial charge in [-0.2, -0.15) is 0 Å². The van der Waals surface area contributed by atoms with E-state index >= 15 is 0 Å². The summed E-state index contributed by atoms with van der Waals surface area (Å²) < 4.78 is 5.45. The van der Waals surface area contributed by atoms with Crippen LogP contribution in [0.2, 0.25) is 0 Å². The molecule has 2 aromatic rings. The summed E-state index contributed by atoms with van der Waals surface area (Å²) in [5.74, 6) is 1.07. The Morgan fingerprint density at radius 1 is 1.16 bits per heavy atom. The standard InChI is InChI=1S/C14H18N4O/c1-3-16-14(12-2-8-19-13(1)12)18-6-4-17(5-7-18)11-9-15-10-11/h1-3,8,11,15H,4-7,9-10H2. The van der Waals surface area contributed by atoms with E-state index in [0.29, 0.717) is 0 Å². The number of hydrogen-bond acceptors (Lipinski definition) is 5. The van der Waals surface area contributed by atoms with E-state index in [4.69, 9.17) is 4.42 Å². The minimum absolute atomic E-state index is 0.750. The molecule has 2 aliphatic heterocycles. The number of nitrogens with one attached hydrogen (secondary N) is 1. The lowest BCUT2D eigenvalue weighted by Crippen LogP contribution is -2.61. The largest absolute Gasteiger partial charge is 0.464 e. The lowest BCUT2D eigenvalue weighted by atomic mass is 10.1. The van der Waals surface area contributed by atoms with E-state index in [1.165, 1.54) is 0 Å². The van der Waals surface area contributed by atoms with Gasteiger partial charge in [0.2, 0.25) is 0 Å². The van der Waals surface area contributed by atoms with Crippen LogP contribution in [0.5, 0.6) is 0 Å². The molecular weight excluding hydrogens is 240 g/mol. The fourth-order valence-electron chi connectivity index (χ4n) is 2.96. The van der Waals surface area contributed by atoms with Crippen LogP contribution in [0.25, 0.3) is 11.0 Å². The number of nitrogens with zero attached hydrogens (tertiary/aromatic N) is 3. The van der Waals surface area contributed by atoms with Gasteiger partial charge in [0.25, 0.3) is 0 Å². The van der Waals surface area contributed by atoms with Crippen molar-refractivity contribution in [3.8, 4) is 0 Å². The Morgan fingerprint density at radius 2 is 2.00 bits per heavy atom. The quantitative estimate of drug-likeness (QED) is 0.868. The molecule has 4 heterocycles. The zero-order chi connectivity index (χ0) is 12.7. The van der Waals surface area contributed by atoms with E-state index in [9.17, 15) is 0 Å². The van der Waals surface area contributed by atoms with Gasteiger partial charge in [0, 0.05) is 51.5 Å². The predicted molar refractivity (Wildman–Crippen MR) is 74.5 cm³/mol. The maximum absolute atomic E-state index is 5.45. The Morgan fingerprint density at radius 3 is 2.74 bits per heavy atom. The highest BCUT2D eigenvalue weighted by molar-refractivity contribution is 5.88. The summed E-state index contributed by atoms with van der Waals surface area (Å²) in [4.78, 5) is 9.50. The van der Waals surface area contributed by atoms with E-state index < -0.39 is 0 Å². The molecule has 0 aliphatic carbocycles. The zero-order valence-electron chi connectivity index (χ0n) is 10.9. The van der Waals surface area contributed by atoms with Crippen LogP contribution in [0.4, 0.5) is 5.82 Å². The third-order valence-electron chi connectivity index (χ3n) is 4.25. The average Bonchev–Trinajstić information content (AvgIpc) is 2.86. The Balaban J connectivity index is 1.52. The Kier molecular flexibility index (Phi) is 2.67. The van der Waals surface area contributed by atoms with Crippen LogP contribution in [-0.2, 0) is 0 Å². The maximum Gasteiger partial charge on any atom is 0.139 e. The van der Waals surface area contributed by atoms with Crippen molar-refractivity contribution < 1.29 is 4.42 Å². The summed E-state index contributed by atoms with van der Waals surface area (Å²) in [6, 6.07) is 4.69. The number of hydrogen-bond donors (Lipinski definition) is 1. The molecule has 1 N–H and O–H groups in total. The molecule has 4 rings (SSSR count). The van der Waals surface area contributed by atoms with Crippen molar-refractivity contribution in [1.82, 2.24) is 15.2 Å². The van der Waals surface area contributed by atoms with Gasteiger partial charge in [-0.25, -0.2) is 4.98 Å². The van der Waals surface area contributed by atoms with E-state index in [-0.39, 0.29) is 0 Å². The first kappa shape index (κ1) is 11.3. The number of furan rings is 1. The van der Waals surface area contributed by atoms with Gasteiger partial charge in [-0.1, -0.05) is 0 Å². The first-order valence-corrected chi connectivity index (χ1v) is 6.94. The zero-order valence-corrected chi connectivity index (χ0v) is 10.9. The summed E-state index contributed by atoms with van der Waals surface area (Å²) in [6.45, 7) is 6.65. The van der Waals surface area contributed by atoms with Gasteiger partial charge in [0.1, 0.15) is 11.4 Å². The molecule has 5 nitrogen and oxygen atoms in total. The van der Waals surface area contributed by atoms with Crippen LogP contribution in [-0.4, -0.2) is 55.2 Å². The lowest BCUT2D eigenvalue weighted by molar-refractivity contribution is 0.138. The van der Waals surface area contributed by atoms with Crippen molar-refractivity contribution in [1.29, 1.82) is 0 Å². The molecule has 0 amide bonds. The molecule has 2 saturated heterocycles. The smallest absolute Gasteiger partial charge is 0.139 e. The molecule has 2 aromatic heterocycles. The SMILES string of the molecule is c1cc2occc2c(N2CCN(C3CNC3)CC2)n1. The van der Waals surface area contributed by atoms with Crippen molar-refractivity contribution >= 4 is 16.8 Å². The van der Waals surface area contributed by atoms with E-state index in [1.807, 2.05) is 18.3 Å². The molecule has 2 aliphatic rings. The topological polar surface area (TPSA) is 44.5 Å². The molecule has 0 bridgehead atoms. The van der Waals surface area contributed by atoms with Crippen LogP contribution in [0.3, 0.4) is 0 Å². The summed E-state index contributed by atoms with van der Waals surface area (Å²) in [5, 5.41) is 4.47. The minimum Gasteiger partial charge on any atom is -0.464 e. The highest BCUT2D eigenvalue weighted by atomic mass is 16.3. The molecule has 0 radical (unpaired) electrons. The molecule has 0 aromatic carbocycles. The van der Waals surface area contributed by atoms with Gasteiger partial charge < -0.3 is 14.6 Å². The third-order valence-corrected chi connectivity index (χ3v) is 4.25. The minimum atomic E-state index is 0.750. The predicted octanol–water partition coefficient (Wildman–Crippen LogP) is 0.922. The fraction of sp³-hybridized carbons (Fsp3) is 0.500. The Bertz CT molecular complexity index is 570. The van der Waals surface area contributed by atoms with Crippen LogP contribution < -0.4 is 10.2 Å². The van der Waals surface area contributed by atoms with Gasteiger partial charge in [0.05, 0.1) is 11.6 Å². The second-order valence-corrected chi connectivity index (χ2v) is 5.30. The molecule has 0 spiro atoms. The molecule has 2 fully saturated rings. The van der Waals surface area contributed by atoms with Gasteiger partial charge in [-0.15, -0.1) is 0 Å². The second-order valence-electron chi connectivity index (χ2n) is 5.30. The van der Waals surface area contributed by atoms with E-state index in [1.54, 1.807) is 6.26 Å². The lowest BCUT2D eigenvalue weighted by Gasteiger charge is -2.43. The van der Waals surface area contributed by atoms with Gasteiger partial charge >= 0.3 is 0 Å². The number of rotatable bonds is 2. The molecule has 0 atom stereocenters. The summed E-state index contributed by atoms with van der Waals surface area (Å²) in [7, 11) is 0. The van der Waals surface area contributed by atoms with Crippen molar-refractivity contribution in [2.24, 2.45) is 0 Å². The number of fused-ring (bicyclic) bond motifs is 1. The number of piperazine rings is 1. The van der Waals surface area contributed by atoms with Gasteiger partial charge in [-0.3, -0.25) is 4.90 Å². The van der Waals surface area contributed by atoms with Gasteiger partial charge in [0.15, 0.2) is 0 Å².